The first kappa shape index (κ1) is 21.0. The average molecular weight is 444 g/mol. The molecule has 2 N–H and O–H groups in total. The molecule has 0 aliphatic carbocycles. The maximum absolute atomic E-state index is 14.1. The lowest BCUT2D eigenvalue weighted by molar-refractivity contribution is -0.136. The van der Waals surface area contributed by atoms with Crippen molar-refractivity contribution in [2.75, 3.05) is 0 Å². The van der Waals surface area contributed by atoms with Gasteiger partial charge in [0.25, 0.3) is 11.8 Å². The summed E-state index contributed by atoms with van der Waals surface area (Å²) in [4.78, 5) is 50.4. The van der Waals surface area contributed by atoms with Crippen LogP contribution in [-0.2, 0) is 16.1 Å². The first-order chi connectivity index (χ1) is 14.7. The molecular formula is C22H19ClFN3O4. The molecule has 2 atom stereocenters. The third-order valence-electron chi connectivity index (χ3n) is 5.56. The predicted octanol–water partition coefficient (Wildman–Crippen LogP) is 2.73. The van der Waals surface area contributed by atoms with Crippen molar-refractivity contribution in [1.82, 2.24) is 15.5 Å². The highest BCUT2D eigenvalue weighted by atomic mass is 35.5. The van der Waals surface area contributed by atoms with E-state index in [-0.39, 0.29) is 36.2 Å². The lowest BCUT2D eigenvalue weighted by Gasteiger charge is -2.29. The highest BCUT2D eigenvalue weighted by Gasteiger charge is 2.39. The zero-order valence-electron chi connectivity index (χ0n) is 16.6. The van der Waals surface area contributed by atoms with E-state index in [9.17, 15) is 23.6 Å². The summed E-state index contributed by atoms with van der Waals surface area (Å²) >= 11 is 5.77. The van der Waals surface area contributed by atoms with Gasteiger partial charge in [-0.05, 0) is 49.2 Å². The first-order valence-corrected chi connectivity index (χ1v) is 10.2. The van der Waals surface area contributed by atoms with Gasteiger partial charge in [-0.1, -0.05) is 17.7 Å². The highest BCUT2D eigenvalue weighted by molar-refractivity contribution is 6.30. The topological polar surface area (TPSA) is 95.6 Å². The third kappa shape index (κ3) is 4.03. The molecule has 4 rings (SSSR count). The number of nitrogens with one attached hydrogen (secondary N) is 2. The SMILES string of the molecule is C[C@H](NC(=O)c1ccc2c(c1)CN(C1CCC(=O)NC1=O)C2=O)c1ccc(Cl)cc1F. The van der Waals surface area contributed by atoms with Gasteiger partial charge in [0.15, 0.2) is 0 Å². The minimum absolute atomic E-state index is 0.170. The minimum Gasteiger partial charge on any atom is -0.345 e. The van der Waals surface area contributed by atoms with Crippen LogP contribution in [0.25, 0.3) is 0 Å². The summed E-state index contributed by atoms with van der Waals surface area (Å²) in [6, 6.07) is 7.59. The Kier molecular flexibility index (Phi) is 5.49. The molecule has 0 aromatic heterocycles. The van der Waals surface area contributed by atoms with E-state index in [1.54, 1.807) is 25.1 Å². The van der Waals surface area contributed by atoms with Crippen molar-refractivity contribution in [3.63, 3.8) is 0 Å². The van der Waals surface area contributed by atoms with E-state index < -0.39 is 29.7 Å². The second-order valence-electron chi connectivity index (χ2n) is 7.63. The number of hydrogen-bond acceptors (Lipinski definition) is 4. The van der Waals surface area contributed by atoms with E-state index in [2.05, 4.69) is 10.6 Å². The predicted molar refractivity (Wildman–Crippen MR) is 110 cm³/mol. The Labute approximate surface area is 182 Å². The minimum atomic E-state index is -0.720. The number of carbonyl (C=O) groups is 4. The van der Waals surface area contributed by atoms with Crippen molar-refractivity contribution >= 4 is 35.2 Å². The maximum atomic E-state index is 14.1. The molecule has 31 heavy (non-hydrogen) atoms. The number of rotatable bonds is 4. The number of fused-ring (bicyclic) bond motifs is 1. The summed E-state index contributed by atoms with van der Waals surface area (Å²) in [5, 5.41) is 5.26. The summed E-state index contributed by atoms with van der Waals surface area (Å²) in [5.41, 5.74) is 1.65. The largest absolute Gasteiger partial charge is 0.345 e. The van der Waals surface area contributed by atoms with Gasteiger partial charge in [-0.25, -0.2) is 4.39 Å². The number of amides is 4. The van der Waals surface area contributed by atoms with Crippen molar-refractivity contribution in [3.05, 3.63) is 69.5 Å². The van der Waals surface area contributed by atoms with Crippen LogP contribution in [0.1, 0.15) is 57.7 Å². The van der Waals surface area contributed by atoms with Gasteiger partial charge < -0.3 is 10.2 Å². The molecule has 2 aliphatic heterocycles. The van der Waals surface area contributed by atoms with Crippen LogP contribution < -0.4 is 10.6 Å². The second-order valence-corrected chi connectivity index (χ2v) is 8.07. The fourth-order valence-corrected chi connectivity index (χ4v) is 4.08. The Morgan fingerprint density at radius 3 is 2.71 bits per heavy atom. The van der Waals surface area contributed by atoms with E-state index in [1.807, 2.05) is 0 Å². The number of halogens is 2. The van der Waals surface area contributed by atoms with Crippen molar-refractivity contribution in [2.24, 2.45) is 0 Å². The van der Waals surface area contributed by atoms with Gasteiger partial charge in [0.2, 0.25) is 11.8 Å². The van der Waals surface area contributed by atoms with Gasteiger partial charge in [-0.3, -0.25) is 24.5 Å². The van der Waals surface area contributed by atoms with Gasteiger partial charge in [-0.2, -0.15) is 0 Å². The summed E-state index contributed by atoms with van der Waals surface area (Å²) in [6.45, 7) is 1.83. The zero-order chi connectivity index (χ0) is 22.3. The molecule has 2 aromatic carbocycles. The van der Waals surface area contributed by atoms with Crippen LogP contribution in [0.4, 0.5) is 4.39 Å². The van der Waals surface area contributed by atoms with Crippen LogP contribution in [-0.4, -0.2) is 34.6 Å². The maximum Gasteiger partial charge on any atom is 0.255 e. The van der Waals surface area contributed by atoms with Gasteiger partial charge >= 0.3 is 0 Å². The molecule has 0 bridgehead atoms. The number of imide groups is 1. The van der Waals surface area contributed by atoms with Crippen molar-refractivity contribution < 1.29 is 23.6 Å². The Balaban J connectivity index is 1.49. The molecule has 0 radical (unpaired) electrons. The number of carbonyl (C=O) groups excluding carboxylic acids is 4. The van der Waals surface area contributed by atoms with Crippen LogP contribution in [0.5, 0.6) is 0 Å². The Morgan fingerprint density at radius 2 is 2.00 bits per heavy atom. The number of hydrogen-bond donors (Lipinski definition) is 2. The molecule has 2 aliphatic rings. The van der Waals surface area contributed by atoms with Crippen molar-refractivity contribution in [1.29, 1.82) is 0 Å². The van der Waals surface area contributed by atoms with E-state index in [4.69, 9.17) is 11.6 Å². The Hall–Kier alpha value is -3.26. The van der Waals surface area contributed by atoms with Gasteiger partial charge in [0, 0.05) is 34.7 Å². The molecule has 1 fully saturated rings. The molecule has 4 amide bonds. The lowest BCUT2D eigenvalue weighted by Crippen LogP contribution is -2.52. The van der Waals surface area contributed by atoms with Crippen LogP contribution in [0.2, 0.25) is 5.02 Å². The smallest absolute Gasteiger partial charge is 0.255 e. The van der Waals surface area contributed by atoms with Crippen LogP contribution in [0.3, 0.4) is 0 Å². The molecule has 2 aromatic rings. The zero-order valence-corrected chi connectivity index (χ0v) is 17.3. The van der Waals surface area contributed by atoms with E-state index in [0.29, 0.717) is 22.3 Å². The fraction of sp³-hybridized carbons (Fsp3) is 0.273. The van der Waals surface area contributed by atoms with Crippen molar-refractivity contribution in [2.45, 2.75) is 38.4 Å². The number of piperidine rings is 1. The normalized spacial score (nSPS) is 19.1. The Bertz CT molecular complexity index is 1120. The summed E-state index contributed by atoms with van der Waals surface area (Å²) in [6.07, 6.45) is 0.436. The summed E-state index contributed by atoms with van der Waals surface area (Å²) in [5.74, 6) is -2.09. The van der Waals surface area contributed by atoms with E-state index >= 15 is 0 Å². The Morgan fingerprint density at radius 1 is 1.23 bits per heavy atom. The quantitative estimate of drug-likeness (QED) is 0.710. The molecule has 1 saturated heterocycles. The second kappa shape index (κ2) is 8.11. The molecule has 7 nitrogen and oxygen atoms in total. The molecule has 2 heterocycles. The number of nitrogens with zero attached hydrogens (tertiary/aromatic N) is 1. The molecule has 1 unspecified atom stereocenters. The molecule has 160 valence electrons. The van der Waals surface area contributed by atoms with Crippen LogP contribution in [0.15, 0.2) is 36.4 Å². The standard InChI is InChI=1S/C22H19ClFN3O4/c1-11(15-5-3-14(23)9-17(15)24)25-20(29)12-2-4-16-13(8-12)10-27(22(16)31)18-6-7-19(28)26-21(18)30/h2-5,8-9,11,18H,6-7,10H2,1H3,(H,25,29)(H,26,28,30)/t11-,18?/m0/s1. The fourth-order valence-electron chi connectivity index (χ4n) is 3.93. The average Bonchev–Trinajstić information content (AvgIpc) is 3.03. The molecule has 0 saturated carbocycles. The molecular weight excluding hydrogens is 425 g/mol. The van der Waals surface area contributed by atoms with Gasteiger partial charge in [-0.15, -0.1) is 0 Å². The van der Waals surface area contributed by atoms with Gasteiger partial charge in [0.05, 0.1) is 6.04 Å². The van der Waals surface area contributed by atoms with Crippen molar-refractivity contribution in [3.8, 4) is 0 Å². The highest BCUT2D eigenvalue weighted by Crippen LogP contribution is 2.28. The summed E-state index contributed by atoms with van der Waals surface area (Å²) in [7, 11) is 0. The monoisotopic (exact) mass is 443 g/mol. The lowest BCUT2D eigenvalue weighted by atomic mass is 10.0. The van der Waals surface area contributed by atoms with E-state index in [0.717, 1.165) is 0 Å². The van der Waals surface area contributed by atoms with Crippen LogP contribution >= 0.6 is 11.6 Å². The molecule has 0 spiro atoms. The van der Waals surface area contributed by atoms with Crippen LogP contribution in [0, 0.1) is 5.82 Å². The van der Waals surface area contributed by atoms with E-state index in [1.165, 1.54) is 23.1 Å². The molecule has 9 heteroatoms. The number of benzene rings is 2. The first-order valence-electron chi connectivity index (χ1n) is 9.78. The third-order valence-corrected chi connectivity index (χ3v) is 5.80. The van der Waals surface area contributed by atoms with Gasteiger partial charge in [0.1, 0.15) is 11.9 Å². The summed E-state index contributed by atoms with van der Waals surface area (Å²) < 4.78 is 14.1.